The van der Waals surface area contributed by atoms with Gasteiger partial charge in [0.25, 0.3) is 0 Å². The molecule has 238 valence electrons. The first-order chi connectivity index (χ1) is 20.7. The summed E-state index contributed by atoms with van der Waals surface area (Å²) in [7, 11) is 1.75. The van der Waals surface area contributed by atoms with Crippen LogP contribution < -0.4 is 14.7 Å². The van der Waals surface area contributed by atoms with Gasteiger partial charge in [0.1, 0.15) is 5.02 Å². The second-order valence-electron chi connectivity index (χ2n) is 10.7. The zero-order valence-electron chi connectivity index (χ0n) is 23.5. The Morgan fingerprint density at radius 3 is 2.11 bits per heavy atom. The predicted octanol–water partition coefficient (Wildman–Crippen LogP) is 5.70. The molecule has 0 saturated carbocycles. The summed E-state index contributed by atoms with van der Waals surface area (Å²) in [6.45, 7) is 2.93. The lowest BCUT2D eigenvalue weighted by atomic mass is 10.0. The van der Waals surface area contributed by atoms with Crippen molar-refractivity contribution < 1.29 is 31.4 Å². The van der Waals surface area contributed by atoms with E-state index in [0.717, 1.165) is 0 Å². The van der Waals surface area contributed by atoms with Gasteiger partial charge in [0.15, 0.2) is 12.2 Å². The second-order valence-corrected chi connectivity index (χ2v) is 11.5. The fraction of sp³-hybridized carbons (Fsp3) is 0.481. The summed E-state index contributed by atoms with van der Waals surface area (Å²) in [5, 5.41) is 10.6. The molecule has 0 aliphatic carbocycles. The average molecular weight is 665 g/mol. The zero-order chi connectivity index (χ0) is 32.0. The highest BCUT2D eigenvalue weighted by Crippen LogP contribution is 2.39. The molecule has 0 radical (unpaired) electrons. The fourth-order valence-electron chi connectivity index (χ4n) is 5.58. The Bertz CT molecular complexity index is 1450. The van der Waals surface area contributed by atoms with Gasteiger partial charge in [-0.25, -0.2) is 15.0 Å². The van der Waals surface area contributed by atoms with Crippen molar-refractivity contribution in [2.75, 3.05) is 41.4 Å². The van der Waals surface area contributed by atoms with Gasteiger partial charge in [-0.1, -0.05) is 18.5 Å². The van der Waals surface area contributed by atoms with E-state index in [4.69, 9.17) is 23.2 Å². The van der Waals surface area contributed by atoms with Gasteiger partial charge >= 0.3 is 12.4 Å². The number of aliphatic hydroxyl groups is 1. The number of alkyl halides is 6. The molecule has 3 atom stereocenters. The van der Waals surface area contributed by atoms with Crippen LogP contribution in [-0.2, 0) is 18.9 Å². The summed E-state index contributed by atoms with van der Waals surface area (Å²) in [5.74, 6) is 0.457. The first-order valence-corrected chi connectivity index (χ1v) is 14.4. The molecule has 17 heteroatoms. The number of benzene rings is 1. The third-order valence-corrected chi connectivity index (χ3v) is 8.30. The smallest absolute Gasteiger partial charge is 0.361 e. The van der Waals surface area contributed by atoms with Gasteiger partial charge in [-0.05, 0) is 55.3 Å². The zero-order valence-corrected chi connectivity index (χ0v) is 25.0. The van der Waals surface area contributed by atoms with Crippen molar-refractivity contribution in [2.24, 2.45) is 0 Å². The summed E-state index contributed by atoms with van der Waals surface area (Å²) in [5.41, 5.74) is -2.53. The van der Waals surface area contributed by atoms with Crippen LogP contribution >= 0.6 is 23.2 Å². The summed E-state index contributed by atoms with van der Waals surface area (Å²) in [6.07, 6.45) is -5.52. The highest BCUT2D eigenvalue weighted by Gasteiger charge is 2.40. The van der Waals surface area contributed by atoms with E-state index in [2.05, 4.69) is 19.9 Å². The van der Waals surface area contributed by atoms with E-state index in [9.17, 15) is 31.4 Å². The quantitative estimate of drug-likeness (QED) is 0.253. The van der Waals surface area contributed by atoms with Crippen LogP contribution in [0, 0.1) is 0 Å². The van der Waals surface area contributed by atoms with Gasteiger partial charge in [-0.3, -0.25) is 4.90 Å². The van der Waals surface area contributed by atoms with Crippen molar-refractivity contribution in [1.29, 1.82) is 0 Å². The van der Waals surface area contributed by atoms with Crippen molar-refractivity contribution in [3.8, 4) is 0 Å². The average Bonchev–Trinajstić information content (AvgIpc) is 3.55. The van der Waals surface area contributed by atoms with E-state index in [-0.39, 0.29) is 47.0 Å². The van der Waals surface area contributed by atoms with Crippen molar-refractivity contribution >= 4 is 40.7 Å². The summed E-state index contributed by atoms with van der Waals surface area (Å²) in [4.78, 5) is 23.9. The van der Waals surface area contributed by atoms with E-state index >= 15 is 0 Å². The van der Waals surface area contributed by atoms with Crippen LogP contribution in [-0.4, -0.2) is 75.1 Å². The van der Waals surface area contributed by atoms with Gasteiger partial charge in [-0.15, -0.1) is 0 Å². The highest BCUT2D eigenvalue weighted by molar-refractivity contribution is 6.33. The topological polar surface area (TPSA) is 84.8 Å². The van der Waals surface area contributed by atoms with E-state index in [1.54, 1.807) is 21.7 Å². The predicted molar refractivity (Wildman–Crippen MR) is 153 cm³/mol. The first-order valence-electron chi connectivity index (χ1n) is 13.6. The second kappa shape index (κ2) is 12.3. The molecule has 1 aromatic carbocycles. The van der Waals surface area contributed by atoms with Crippen LogP contribution in [0.2, 0.25) is 10.3 Å². The molecule has 44 heavy (non-hydrogen) atoms. The Hall–Kier alpha value is -3.14. The van der Waals surface area contributed by atoms with Gasteiger partial charge in [0, 0.05) is 32.2 Å². The van der Waals surface area contributed by atoms with Crippen molar-refractivity contribution in [2.45, 2.75) is 57.1 Å². The maximum absolute atomic E-state index is 13.7. The summed E-state index contributed by atoms with van der Waals surface area (Å²) < 4.78 is 82.1. The number of hydrogen-bond donors (Lipinski definition) is 1. The molecule has 3 aromatic rings. The molecule has 2 fully saturated rings. The monoisotopic (exact) mass is 664 g/mol. The third kappa shape index (κ3) is 6.75. The van der Waals surface area contributed by atoms with Gasteiger partial charge in [0.05, 0.1) is 41.4 Å². The Labute approximate surface area is 259 Å². The number of rotatable bonds is 7. The van der Waals surface area contributed by atoms with Crippen LogP contribution in [0.15, 0.2) is 36.8 Å². The fourth-order valence-corrected chi connectivity index (χ4v) is 5.91. The molecule has 1 N–H and O–H groups in total. The van der Waals surface area contributed by atoms with E-state index in [1.165, 1.54) is 18.6 Å². The van der Waals surface area contributed by atoms with Crippen molar-refractivity contribution in [3.63, 3.8) is 0 Å². The Morgan fingerprint density at radius 1 is 0.932 bits per heavy atom. The third-order valence-electron chi connectivity index (χ3n) is 7.85. The maximum Gasteiger partial charge on any atom is 0.416 e. The maximum atomic E-state index is 13.7. The van der Waals surface area contributed by atoms with Gasteiger partial charge in [0.2, 0.25) is 11.2 Å². The molecular formula is C27H28Cl2F6N8O. The molecule has 0 spiro atoms. The van der Waals surface area contributed by atoms with Crippen LogP contribution in [0.1, 0.15) is 36.5 Å². The molecule has 4 heterocycles. The number of halogens is 8. The van der Waals surface area contributed by atoms with Crippen LogP contribution in [0.4, 0.5) is 43.8 Å². The molecule has 3 unspecified atom stereocenters. The molecule has 0 amide bonds. The number of aliphatic hydroxyl groups excluding tert-OH is 1. The largest absolute Gasteiger partial charge is 0.416 e. The Kier molecular flexibility index (Phi) is 9.04. The van der Waals surface area contributed by atoms with E-state index in [1.807, 2.05) is 11.8 Å². The molecule has 2 aromatic heterocycles. The minimum absolute atomic E-state index is 0.0307. The molecule has 2 aliphatic rings. The van der Waals surface area contributed by atoms with Crippen LogP contribution in [0.3, 0.4) is 0 Å². The Morgan fingerprint density at radius 2 is 1.57 bits per heavy atom. The van der Waals surface area contributed by atoms with Gasteiger partial charge in [-0.2, -0.15) is 31.3 Å². The lowest BCUT2D eigenvalue weighted by Crippen LogP contribution is -2.39. The van der Waals surface area contributed by atoms with Crippen LogP contribution in [0.25, 0.3) is 0 Å². The minimum Gasteiger partial charge on any atom is -0.361 e. The molecule has 0 bridgehead atoms. The number of likely N-dealkylation sites (N-methyl/N-ethyl adjacent to an activating group) is 1. The standard InChI is InChI=1S/C27H28Cl2F6N8O/c1-3-18-9-19(14-42(18)22-21(28)12-36-23(29)39-22)43(24-37-10-20(11-38-24)41-5-4-40(2)25(41)44)13-15-6-16(26(30,31)32)8-17(7-15)27(33,34)35/h6-8,10-12,18-19,25,44H,3-5,9,13-14H2,1-2H3. The first kappa shape index (κ1) is 32.3. The lowest BCUT2D eigenvalue weighted by molar-refractivity contribution is -0.143. The van der Waals surface area contributed by atoms with Gasteiger partial charge < -0.3 is 19.8 Å². The summed E-state index contributed by atoms with van der Waals surface area (Å²) >= 11 is 12.4. The number of hydrogen-bond acceptors (Lipinski definition) is 9. The minimum atomic E-state index is -5.00. The number of nitrogens with zero attached hydrogens (tertiary/aromatic N) is 8. The molecule has 9 nitrogen and oxygen atoms in total. The normalized spacial score (nSPS) is 21.4. The molecule has 2 aliphatic heterocycles. The molecule has 5 rings (SSSR count). The number of aromatic nitrogens is 4. The lowest BCUT2D eigenvalue weighted by Gasteiger charge is -2.31. The van der Waals surface area contributed by atoms with E-state index in [0.29, 0.717) is 49.6 Å². The molecule has 2 saturated heterocycles. The van der Waals surface area contributed by atoms with Crippen molar-refractivity contribution in [1.82, 2.24) is 24.8 Å². The molecular weight excluding hydrogens is 637 g/mol. The highest BCUT2D eigenvalue weighted by atomic mass is 35.5. The van der Waals surface area contributed by atoms with Crippen LogP contribution in [0.5, 0.6) is 0 Å². The summed E-state index contributed by atoms with van der Waals surface area (Å²) in [6, 6.07) is 0.898. The SMILES string of the molecule is CCC1CC(N(Cc2cc(C(F)(F)F)cc(C(F)(F)F)c2)c2ncc(N3CCN(C)C3O)cn2)CN1c1nc(Cl)ncc1Cl. The van der Waals surface area contributed by atoms with E-state index < -0.39 is 35.9 Å². The number of anilines is 3. The Balaban J connectivity index is 1.54. The van der Waals surface area contributed by atoms with Crippen molar-refractivity contribution in [3.05, 3.63) is 63.8 Å².